The first kappa shape index (κ1) is 13.3. The Morgan fingerprint density at radius 2 is 2.30 bits per heavy atom. The van der Waals surface area contributed by atoms with Crippen LogP contribution in [0.3, 0.4) is 0 Å². The summed E-state index contributed by atoms with van der Waals surface area (Å²) in [5, 5.41) is 11.8. The molecule has 104 valence electrons. The molecule has 1 amide bonds. The number of thiophene rings is 1. The fourth-order valence-corrected chi connectivity index (χ4v) is 3.28. The second-order valence-electron chi connectivity index (χ2n) is 5.07. The number of nitriles is 1. The third kappa shape index (κ3) is 2.60. The molecular weight excluding hydrogens is 276 g/mol. The Hall–Kier alpha value is -1.71. The Bertz CT molecular complexity index is 575. The van der Waals surface area contributed by atoms with Gasteiger partial charge in [-0.2, -0.15) is 5.26 Å². The standard InChI is InChI=1S/C14H14N2O3S/c15-6-10(14(18)16-9-1-2-9)13(17)12-5-8-7-19-4-3-11(8)20-12/h5,9-10H,1-4,7H2,(H,16,18)/t10-/m1/s1. The fraction of sp³-hybridized carbons (Fsp3) is 0.500. The SMILES string of the molecule is N#C[C@@H](C(=O)NC1CC1)C(=O)c1cc2c(s1)CCOC2. The first-order chi connectivity index (χ1) is 9.69. The van der Waals surface area contributed by atoms with Gasteiger partial charge in [-0.05, 0) is 24.5 Å². The Balaban J connectivity index is 1.77. The number of rotatable bonds is 4. The van der Waals surface area contributed by atoms with Crippen molar-refractivity contribution >= 4 is 23.0 Å². The summed E-state index contributed by atoms with van der Waals surface area (Å²) in [5.74, 6) is -2.11. The van der Waals surface area contributed by atoms with E-state index in [1.165, 1.54) is 11.3 Å². The van der Waals surface area contributed by atoms with Crippen molar-refractivity contribution in [2.45, 2.75) is 31.9 Å². The largest absolute Gasteiger partial charge is 0.376 e. The van der Waals surface area contributed by atoms with Gasteiger partial charge in [0, 0.05) is 17.3 Å². The van der Waals surface area contributed by atoms with Gasteiger partial charge in [0.25, 0.3) is 0 Å². The van der Waals surface area contributed by atoms with E-state index in [2.05, 4.69) is 5.32 Å². The van der Waals surface area contributed by atoms with Crippen LogP contribution < -0.4 is 5.32 Å². The minimum atomic E-state index is -1.24. The second kappa shape index (κ2) is 5.35. The van der Waals surface area contributed by atoms with Crippen molar-refractivity contribution in [3.05, 3.63) is 21.4 Å². The molecule has 0 radical (unpaired) electrons. The molecule has 1 aromatic heterocycles. The van der Waals surface area contributed by atoms with Crippen LogP contribution in [-0.4, -0.2) is 24.3 Å². The number of ketones is 1. The van der Waals surface area contributed by atoms with Crippen LogP contribution in [0.4, 0.5) is 0 Å². The molecule has 6 heteroatoms. The maximum Gasteiger partial charge on any atom is 0.245 e. The normalized spacial score (nSPS) is 18.8. The summed E-state index contributed by atoms with van der Waals surface area (Å²) in [5.41, 5.74) is 1.00. The van der Waals surface area contributed by atoms with Crippen LogP contribution in [0.25, 0.3) is 0 Å². The maximum atomic E-state index is 12.3. The van der Waals surface area contributed by atoms with Gasteiger partial charge >= 0.3 is 0 Å². The number of Topliss-reactive ketones (excluding diaryl/α,β-unsaturated/α-hetero) is 1. The van der Waals surface area contributed by atoms with Crippen LogP contribution in [-0.2, 0) is 22.6 Å². The molecule has 5 nitrogen and oxygen atoms in total. The molecule has 1 aliphatic carbocycles. The highest BCUT2D eigenvalue weighted by Gasteiger charge is 2.33. The van der Waals surface area contributed by atoms with E-state index in [0.29, 0.717) is 18.1 Å². The highest BCUT2D eigenvalue weighted by atomic mass is 32.1. The van der Waals surface area contributed by atoms with E-state index in [1.807, 2.05) is 6.07 Å². The molecule has 0 saturated heterocycles. The third-order valence-corrected chi connectivity index (χ3v) is 4.70. The Morgan fingerprint density at radius 1 is 1.50 bits per heavy atom. The highest BCUT2D eigenvalue weighted by Crippen LogP contribution is 2.29. The number of hydrogen-bond acceptors (Lipinski definition) is 5. The topological polar surface area (TPSA) is 79.2 Å². The van der Waals surface area contributed by atoms with Gasteiger partial charge in [0.2, 0.25) is 5.91 Å². The molecule has 0 aromatic carbocycles. The van der Waals surface area contributed by atoms with Gasteiger partial charge in [0.05, 0.1) is 24.2 Å². The number of ether oxygens (including phenoxy) is 1. The molecule has 1 saturated carbocycles. The number of hydrogen-bond donors (Lipinski definition) is 1. The number of nitrogens with zero attached hydrogens (tertiary/aromatic N) is 1. The number of carbonyl (C=O) groups excluding carboxylic acids is 2. The lowest BCUT2D eigenvalue weighted by atomic mass is 10.0. The maximum absolute atomic E-state index is 12.3. The van der Waals surface area contributed by atoms with Crippen molar-refractivity contribution in [3.8, 4) is 6.07 Å². The second-order valence-corrected chi connectivity index (χ2v) is 6.21. The molecular formula is C14H14N2O3S. The lowest BCUT2D eigenvalue weighted by molar-refractivity contribution is -0.122. The summed E-state index contributed by atoms with van der Waals surface area (Å²) in [4.78, 5) is 25.8. The lowest BCUT2D eigenvalue weighted by Gasteiger charge is -2.10. The van der Waals surface area contributed by atoms with Crippen molar-refractivity contribution in [3.63, 3.8) is 0 Å². The molecule has 0 spiro atoms. The molecule has 1 aromatic rings. The zero-order chi connectivity index (χ0) is 14.1. The zero-order valence-corrected chi connectivity index (χ0v) is 11.7. The Labute approximate surface area is 120 Å². The Morgan fingerprint density at radius 3 is 2.95 bits per heavy atom. The fourth-order valence-electron chi connectivity index (χ4n) is 2.16. The van der Waals surface area contributed by atoms with Gasteiger partial charge in [-0.25, -0.2) is 0 Å². The molecule has 0 bridgehead atoms. The minimum absolute atomic E-state index is 0.149. The predicted molar refractivity (Wildman–Crippen MR) is 72.3 cm³/mol. The number of nitrogens with one attached hydrogen (secondary N) is 1. The van der Waals surface area contributed by atoms with Crippen LogP contribution in [0.15, 0.2) is 6.07 Å². The summed E-state index contributed by atoms with van der Waals surface area (Å²) in [7, 11) is 0. The van der Waals surface area contributed by atoms with Crippen molar-refractivity contribution in [1.29, 1.82) is 5.26 Å². The summed E-state index contributed by atoms with van der Waals surface area (Å²) in [6, 6.07) is 3.74. The van der Waals surface area contributed by atoms with Crippen LogP contribution in [0, 0.1) is 17.2 Å². The monoisotopic (exact) mass is 290 g/mol. The van der Waals surface area contributed by atoms with E-state index in [9.17, 15) is 9.59 Å². The van der Waals surface area contributed by atoms with Gasteiger partial charge < -0.3 is 10.1 Å². The molecule has 3 rings (SSSR count). The molecule has 2 heterocycles. The highest BCUT2D eigenvalue weighted by molar-refractivity contribution is 7.14. The number of carbonyl (C=O) groups is 2. The van der Waals surface area contributed by atoms with Crippen LogP contribution in [0.2, 0.25) is 0 Å². The molecule has 1 fully saturated rings. The third-order valence-electron chi connectivity index (χ3n) is 3.45. The van der Waals surface area contributed by atoms with Crippen molar-refractivity contribution in [1.82, 2.24) is 5.32 Å². The number of amides is 1. The average molecular weight is 290 g/mol. The first-order valence-corrected chi connectivity index (χ1v) is 7.44. The van der Waals surface area contributed by atoms with E-state index in [0.717, 1.165) is 29.7 Å². The van der Waals surface area contributed by atoms with Crippen LogP contribution >= 0.6 is 11.3 Å². The first-order valence-electron chi connectivity index (χ1n) is 6.62. The van der Waals surface area contributed by atoms with Gasteiger partial charge in [0.1, 0.15) is 0 Å². The Kier molecular flexibility index (Phi) is 3.55. The lowest BCUT2D eigenvalue weighted by Crippen LogP contribution is -2.35. The van der Waals surface area contributed by atoms with Gasteiger partial charge in [-0.1, -0.05) is 0 Å². The van der Waals surface area contributed by atoms with Gasteiger partial charge in [0.15, 0.2) is 11.7 Å². The van der Waals surface area contributed by atoms with Crippen molar-refractivity contribution < 1.29 is 14.3 Å². The summed E-state index contributed by atoms with van der Waals surface area (Å²) in [6.45, 7) is 1.16. The van der Waals surface area contributed by atoms with Crippen molar-refractivity contribution in [2.24, 2.45) is 5.92 Å². The predicted octanol–water partition coefficient (Wildman–Crippen LogP) is 1.42. The smallest absolute Gasteiger partial charge is 0.245 e. The van der Waals surface area contributed by atoms with E-state index >= 15 is 0 Å². The molecule has 0 unspecified atom stereocenters. The summed E-state index contributed by atoms with van der Waals surface area (Å²) < 4.78 is 5.34. The van der Waals surface area contributed by atoms with Gasteiger partial charge in [-0.15, -0.1) is 11.3 Å². The zero-order valence-electron chi connectivity index (χ0n) is 10.8. The van der Waals surface area contributed by atoms with Crippen LogP contribution in [0.1, 0.15) is 33.0 Å². The molecule has 2 aliphatic rings. The average Bonchev–Trinajstić information content (AvgIpc) is 3.14. The van der Waals surface area contributed by atoms with Crippen LogP contribution in [0.5, 0.6) is 0 Å². The quantitative estimate of drug-likeness (QED) is 0.672. The molecule has 20 heavy (non-hydrogen) atoms. The molecule has 1 atom stereocenters. The van der Waals surface area contributed by atoms with E-state index in [-0.39, 0.29) is 6.04 Å². The van der Waals surface area contributed by atoms with E-state index < -0.39 is 17.6 Å². The number of fused-ring (bicyclic) bond motifs is 1. The molecule has 1 aliphatic heterocycles. The van der Waals surface area contributed by atoms with E-state index in [4.69, 9.17) is 10.00 Å². The minimum Gasteiger partial charge on any atom is -0.376 e. The summed E-state index contributed by atoms with van der Waals surface area (Å²) in [6.07, 6.45) is 2.66. The molecule has 1 N–H and O–H groups in total. The summed E-state index contributed by atoms with van der Waals surface area (Å²) >= 11 is 1.38. The van der Waals surface area contributed by atoms with Crippen molar-refractivity contribution in [2.75, 3.05) is 6.61 Å². The van der Waals surface area contributed by atoms with Gasteiger partial charge in [-0.3, -0.25) is 9.59 Å². The van der Waals surface area contributed by atoms with E-state index in [1.54, 1.807) is 6.07 Å².